The van der Waals surface area contributed by atoms with Crippen LogP contribution in [0.15, 0.2) is 0 Å². The van der Waals surface area contributed by atoms with Crippen LogP contribution >= 0.6 is 0 Å². The van der Waals surface area contributed by atoms with E-state index < -0.39 is 0 Å². The minimum absolute atomic E-state index is 0.000583. The first-order valence-electron chi connectivity index (χ1n) is 7.61. The van der Waals surface area contributed by atoms with E-state index in [1.54, 1.807) is 4.90 Å². The first kappa shape index (κ1) is 15.3. The molecular weight excluding hydrogens is 256 g/mol. The number of hydrogen-bond acceptors (Lipinski definition) is 4. The Balaban J connectivity index is 1.77. The number of nitrogens with zero attached hydrogens (tertiary/aromatic N) is 3. The second kappa shape index (κ2) is 7.04. The highest BCUT2D eigenvalue weighted by atomic mass is 16.2. The van der Waals surface area contributed by atoms with Crippen molar-refractivity contribution < 1.29 is 9.59 Å². The molecular formula is C14H26N4O2. The lowest BCUT2D eigenvalue weighted by Gasteiger charge is -2.38. The van der Waals surface area contributed by atoms with Gasteiger partial charge in [-0.3, -0.25) is 14.5 Å². The third-order valence-electron chi connectivity index (χ3n) is 4.38. The molecule has 2 N–H and O–H groups in total. The molecule has 1 unspecified atom stereocenters. The number of piperazine rings is 1. The highest BCUT2D eigenvalue weighted by Crippen LogP contribution is 2.16. The monoisotopic (exact) mass is 282 g/mol. The van der Waals surface area contributed by atoms with Gasteiger partial charge in [-0.25, -0.2) is 0 Å². The van der Waals surface area contributed by atoms with Crippen molar-refractivity contribution in [2.24, 2.45) is 5.73 Å². The largest absolute Gasteiger partial charge is 0.339 e. The minimum atomic E-state index is 0.000583. The lowest BCUT2D eigenvalue weighted by Crippen LogP contribution is -2.53. The Labute approximate surface area is 120 Å². The molecule has 2 aliphatic rings. The topological polar surface area (TPSA) is 69.9 Å². The molecule has 2 saturated heterocycles. The number of carbonyl (C=O) groups excluding carboxylic acids is 2. The Kier molecular flexibility index (Phi) is 5.37. The van der Waals surface area contributed by atoms with Gasteiger partial charge in [0.1, 0.15) is 0 Å². The van der Waals surface area contributed by atoms with Crippen LogP contribution in [0.1, 0.15) is 26.2 Å². The second-order valence-electron chi connectivity index (χ2n) is 5.79. The Morgan fingerprint density at radius 2 is 1.75 bits per heavy atom. The maximum absolute atomic E-state index is 12.3. The first-order valence-corrected chi connectivity index (χ1v) is 7.61. The molecule has 2 aliphatic heterocycles. The summed E-state index contributed by atoms with van der Waals surface area (Å²) in [6, 6.07) is 0.372. The van der Waals surface area contributed by atoms with Gasteiger partial charge in [0.15, 0.2) is 0 Å². The highest BCUT2D eigenvalue weighted by Gasteiger charge is 2.26. The smallest absolute Gasteiger partial charge is 0.236 e. The normalized spacial score (nSPS) is 24.8. The predicted octanol–water partition coefficient (Wildman–Crippen LogP) is -0.510. The lowest BCUT2D eigenvalue weighted by atomic mass is 10.0. The van der Waals surface area contributed by atoms with Gasteiger partial charge in [0, 0.05) is 38.8 Å². The van der Waals surface area contributed by atoms with Crippen LogP contribution in [0.2, 0.25) is 0 Å². The third kappa shape index (κ3) is 3.70. The van der Waals surface area contributed by atoms with Crippen molar-refractivity contribution in [3.8, 4) is 0 Å². The molecule has 114 valence electrons. The van der Waals surface area contributed by atoms with Gasteiger partial charge in [0.05, 0.1) is 13.1 Å². The van der Waals surface area contributed by atoms with Gasteiger partial charge in [0.2, 0.25) is 11.8 Å². The van der Waals surface area contributed by atoms with Crippen molar-refractivity contribution in [2.75, 3.05) is 45.8 Å². The molecule has 2 heterocycles. The summed E-state index contributed by atoms with van der Waals surface area (Å²) in [5.41, 5.74) is 5.37. The van der Waals surface area contributed by atoms with E-state index in [0.29, 0.717) is 25.7 Å². The summed E-state index contributed by atoms with van der Waals surface area (Å²) in [6.07, 6.45) is 3.46. The van der Waals surface area contributed by atoms with Crippen LogP contribution in [0.4, 0.5) is 0 Å². The van der Waals surface area contributed by atoms with E-state index in [1.165, 1.54) is 6.42 Å². The standard InChI is InChI=1S/C14H26N4O2/c1-12-4-2-3-5-18(12)14(20)11-16-6-8-17(9-7-16)13(19)10-15/h12H,2-11,15H2,1H3. The molecule has 0 aromatic rings. The predicted molar refractivity (Wildman–Crippen MR) is 77.1 cm³/mol. The molecule has 0 bridgehead atoms. The molecule has 0 spiro atoms. The van der Waals surface area contributed by atoms with E-state index in [1.807, 2.05) is 4.90 Å². The van der Waals surface area contributed by atoms with Gasteiger partial charge in [-0.05, 0) is 26.2 Å². The molecule has 2 fully saturated rings. The van der Waals surface area contributed by atoms with Gasteiger partial charge >= 0.3 is 0 Å². The number of nitrogens with two attached hydrogens (primary N) is 1. The summed E-state index contributed by atoms with van der Waals surface area (Å²) in [4.78, 5) is 29.8. The fourth-order valence-electron chi connectivity index (χ4n) is 3.04. The third-order valence-corrected chi connectivity index (χ3v) is 4.38. The number of hydrogen-bond donors (Lipinski definition) is 1. The maximum atomic E-state index is 12.3. The number of carbonyl (C=O) groups is 2. The molecule has 2 rings (SSSR count). The van der Waals surface area contributed by atoms with E-state index in [-0.39, 0.29) is 18.4 Å². The molecule has 20 heavy (non-hydrogen) atoms. The maximum Gasteiger partial charge on any atom is 0.236 e. The second-order valence-corrected chi connectivity index (χ2v) is 5.79. The van der Waals surface area contributed by atoms with E-state index in [0.717, 1.165) is 32.5 Å². The van der Waals surface area contributed by atoms with E-state index in [9.17, 15) is 9.59 Å². The number of piperidine rings is 1. The molecule has 6 heteroatoms. The van der Waals surface area contributed by atoms with Crippen LogP contribution in [-0.2, 0) is 9.59 Å². The Morgan fingerprint density at radius 1 is 1.05 bits per heavy atom. The summed E-state index contributed by atoms with van der Waals surface area (Å²) in [5, 5.41) is 0. The first-order chi connectivity index (χ1) is 9.61. The zero-order chi connectivity index (χ0) is 14.5. The van der Waals surface area contributed by atoms with Crippen LogP contribution in [0, 0.1) is 0 Å². The Morgan fingerprint density at radius 3 is 2.35 bits per heavy atom. The van der Waals surface area contributed by atoms with Crippen molar-refractivity contribution >= 4 is 11.8 Å². The highest BCUT2D eigenvalue weighted by molar-refractivity contribution is 5.79. The molecule has 0 radical (unpaired) electrons. The fraction of sp³-hybridized carbons (Fsp3) is 0.857. The average Bonchev–Trinajstić information content (AvgIpc) is 2.47. The number of rotatable bonds is 3. The minimum Gasteiger partial charge on any atom is -0.339 e. The molecule has 1 atom stereocenters. The van der Waals surface area contributed by atoms with Gasteiger partial charge in [0.25, 0.3) is 0 Å². The van der Waals surface area contributed by atoms with Gasteiger partial charge in [-0.2, -0.15) is 0 Å². The molecule has 0 aliphatic carbocycles. The average molecular weight is 282 g/mol. The van der Waals surface area contributed by atoms with Crippen molar-refractivity contribution in [3.63, 3.8) is 0 Å². The summed E-state index contributed by atoms with van der Waals surface area (Å²) in [5.74, 6) is 0.233. The van der Waals surface area contributed by atoms with Crippen molar-refractivity contribution in [2.45, 2.75) is 32.2 Å². The van der Waals surface area contributed by atoms with E-state index >= 15 is 0 Å². The zero-order valence-corrected chi connectivity index (χ0v) is 12.4. The number of amides is 2. The van der Waals surface area contributed by atoms with Gasteiger partial charge < -0.3 is 15.5 Å². The van der Waals surface area contributed by atoms with Crippen LogP contribution in [-0.4, -0.2) is 78.4 Å². The van der Waals surface area contributed by atoms with Crippen molar-refractivity contribution in [1.29, 1.82) is 0 Å². The van der Waals surface area contributed by atoms with Crippen LogP contribution < -0.4 is 5.73 Å². The summed E-state index contributed by atoms with van der Waals surface area (Å²) in [6.45, 7) is 6.47. The van der Waals surface area contributed by atoms with Crippen LogP contribution in [0.3, 0.4) is 0 Å². The molecule has 0 aromatic carbocycles. The van der Waals surface area contributed by atoms with E-state index in [4.69, 9.17) is 5.73 Å². The Hall–Kier alpha value is -1.14. The zero-order valence-electron chi connectivity index (χ0n) is 12.4. The van der Waals surface area contributed by atoms with E-state index in [2.05, 4.69) is 11.8 Å². The van der Waals surface area contributed by atoms with Crippen molar-refractivity contribution in [1.82, 2.24) is 14.7 Å². The van der Waals surface area contributed by atoms with Gasteiger partial charge in [-0.15, -0.1) is 0 Å². The van der Waals surface area contributed by atoms with Crippen LogP contribution in [0.25, 0.3) is 0 Å². The molecule has 0 aromatic heterocycles. The quantitative estimate of drug-likeness (QED) is 0.757. The molecule has 6 nitrogen and oxygen atoms in total. The lowest BCUT2D eigenvalue weighted by molar-refractivity contribution is -0.137. The summed E-state index contributed by atoms with van der Waals surface area (Å²) >= 11 is 0. The summed E-state index contributed by atoms with van der Waals surface area (Å²) < 4.78 is 0. The molecule has 0 saturated carbocycles. The summed E-state index contributed by atoms with van der Waals surface area (Å²) in [7, 11) is 0. The van der Waals surface area contributed by atoms with Crippen LogP contribution in [0.5, 0.6) is 0 Å². The fourth-order valence-corrected chi connectivity index (χ4v) is 3.04. The van der Waals surface area contributed by atoms with Crippen molar-refractivity contribution in [3.05, 3.63) is 0 Å². The van der Waals surface area contributed by atoms with Gasteiger partial charge in [-0.1, -0.05) is 0 Å². The SMILES string of the molecule is CC1CCCCN1C(=O)CN1CCN(C(=O)CN)CC1. The number of likely N-dealkylation sites (tertiary alicyclic amines) is 1. The molecule has 2 amide bonds. The Bertz CT molecular complexity index is 353.